The largest absolute Gasteiger partial charge is 0.494 e. The van der Waals surface area contributed by atoms with Gasteiger partial charge in [0.05, 0.1) is 30.2 Å². The summed E-state index contributed by atoms with van der Waals surface area (Å²) in [4.78, 5) is 16.4. The maximum Gasteiger partial charge on any atom is 0.329 e. The third kappa shape index (κ3) is 3.26. The fourth-order valence-corrected chi connectivity index (χ4v) is 5.82. The minimum Gasteiger partial charge on any atom is -0.494 e. The molecule has 0 spiro atoms. The summed E-state index contributed by atoms with van der Waals surface area (Å²) < 4.78 is 30.0. The molecule has 0 aromatic heterocycles. The van der Waals surface area contributed by atoms with Crippen molar-refractivity contribution in [3.63, 3.8) is 0 Å². The Hall–Kier alpha value is -2.25. The van der Waals surface area contributed by atoms with Crippen LogP contribution in [-0.2, 0) is 9.84 Å². The van der Waals surface area contributed by atoms with E-state index in [2.05, 4.69) is 0 Å². The van der Waals surface area contributed by atoms with Crippen LogP contribution in [0.3, 0.4) is 0 Å². The van der Waals surface area contributed by atoms with Crippen LogP contribution < -0.4 is 14.5 Å². The monoisotopic (exact) mass is 406 g/mol. The third-order valence-electron chi connectivity index (χ3n) is 4.90. The topological polar surface area (TPSA) is 66.9 Å². The molecule has 0 aliphatic carbocycles. The van der Waals surface area contributed by atoms with E-state index in [0.29, 0.717) is 28.8 Å². The molecule has 6 nitrogen and oxygen atoms in total. The van der Waals surface area contributed by atoms with E-state index in [1.807, 2.05) is 6.92 Å². The number of benzene rings is 2. The molecule has 2 saturated heterocycles. The van der Waals surface area contributed by atoms with Crippen molar-refractivity contribution in [2.75, 3.05) is 27.9 Å². The number of hydrogen-bond acceptors (Lipinski definition) is 4. The molecule has 2 aliphatic heterocycles. The maximum atomic E-state index is 13.2. The number of hydrogen-bond donors (Lipinski definition) is 0. The van der Waals surface area contributed by atoms with Gasteiger partial charge < -0.3 is 4.74 Å². The fourth-order valence-electron chi connectivity index (χ4n) is 3.78. The van der Waals surface area contributed by atoms with E-state index in [0.717, 1.165) is 0 Å². The molecule has 2 aliphatic rings. The summed E-state index contributed by atoms with van der Waals surface area (Å²) in [6.45, 7) is 2.45. The molecule has 2 atom stereocenters. The van der Waals surface area contributed by atoms with E-state index < -0.39 is 21.9 Å². The van der Waals surface area contributed by atoms with Crippen molar-refractivity contribution in [3.05, 3.63) is 53.6 Å². The van der Waals surface area contributed by atoms with Crippen LogP contribution in [0.4, 0.5) is 16.2 Å². The maximum absolute atomic E-state index is 13.2. The van der Waals surface area contributed by atoms with Crippen molar-refractivity contribution >= 4 is 38.8 Å². The highest BCUT2D eigenvalue weighted by molar-refractivity contribution is 7.91. The Labute approximate surface area is 163 Å². The van der Waals surface area contributed by atoms with Crippen molar-refractivity contribution in [2.45, 2.75) is 19.0 Å². The highest BCUT2D eigenvalue weighted by Crippen LogP contribution is 2.38. The number of carbonyl (C=O) groups is 1. The van der Waals surface area contributed by atoms with Crippen LogP contribution in [0.1, 0.15) is 6.92 Å². The normalized spacial score (nSPS) is 23.6. The lowest BCUT2D eigenvalue weighted by molar-refractivity contribution is 0.255. The molecule has 0 N–H and O–H groups in total. The van der Waals surface area contributed by atoms with Crippen molar-refractivity contribution in [2.24, 2.45) is 0 Å². The molecule has 27 heavy (non-hydrogen) atoms. The first-order valence-electron chi connectivity index (χ1n) is 8.71. The van der Waals surface area contributed by atoms with Crippen LogP contribution in [0.2, 0.25) is 5.02 Å². The number of carbonyl (C=O) groups excluding carboxylic acids is 1. The van der Waals surface area contributed by atoms with Gasteiger partial charge in [0.1, 0.15) is 5.75 Å². The quantitative estimate of drug-likeness (QED) is 0.730. The summed E-state index contributed by atoms with van der Waals surface area (Å²) >= 11 is 5.95. The number of urea groups is 1. The first kappa shape index (κ1) is 18.1. The number of amides is 2. The molecule has 142 valence electrons. The zero-order valence-electron chi connectivity index (χ0n) is 14.7. The van der Waals surface area contributed by atoms with E-state index in [-0.39, 0.29) is 17.5 Å². The number of nitrogens with zero attached hydrogens (tertiary/aromatic N) is 2. The summed E-state index contributed by atoms with van der Waals surface area (Å²) in [6, 6.07) is 13.0. The number of rotatable bonds is 4. The lowest BCUT2D eigenvalue weighted by Gasteiger charge is -2.23. The molecular formula is C19H19ClN2O4S. The predicted octanol–water partition coefficient (Wildman–Crippen LogP) is 3.35. The summed E-state index contributed by atoms with van der Waals surface area (Å²) in [5, 5.41) is 0.560. The summed E-state index contributed by atoms with van der Waals surface area (Å²) in [7, 11) is -3.22. The van der Waals surface area contributed by atoms with Crippen LogP contribution in [-0.4, -0.2) is 44.6 Å². The van der Waals surface area contributed by atoms with Gasteiger partial charge in [-0.3, -0.25) is 9.80 Å². The SMILES string of the molecule is CCOc1ccc(N2C(=O)N(c3ccc(Cl)cc3)[C@@H]3CS(=O)(=O)C[C@@H]32)cc1. The Morgan fingerprint density at radius 2 is 1.44 bits per heavy atom. The second kappa shape index (κ2) is 6.73. The van der Waals surface area contributed by atoms with Crippen LogP contribution >= 0.6 is 11.6 Å². The molecular weight excluding hydrogens is 388 g/mol. The number of halogens is 1. The third-order valence-corrected chi connectivity index (χ3v) is 6.85. The van der Waals surface area contributed by atoms with Gasteiger partial charge in [-0.05, 0) is 55.5 Å². The fraction of sp³-hybridized carbons (Fsp3) is 0.316. The van der Waals surface area contributed by atoms with E-state index in [4.69, 9.17) is 16.3 Å². The molecule has 0 saturated carbocycles. The molecule has 2 heterocycles. The van der Waals surface area contributed by atoms with Crippen molar-refractivity contribution in [1.29, 1.82) is 0 Å². The van der Waals surface area contributed by atoms with Crippen LogP contribution in [0.25, 0.3) is 0 Å². The number of sulfone groups is 1. The Morgan fingerprint density at radius 1 is 0.963 bits per heavy atom. The van der Waals surface area contributed by atoms with E-state index in [1.165, 1.54) is 0 Å². The molecule has 4 rings (SSSR count). The Balaban J connectivity index is 1.73. The van der Waals surface area contributed by atoms with Gasteiger partial charge in [0, 0.05) is 16.4 Å². The zero-order valence-corrected chi connectivity index (χ0v) is 16.3. The Morgan fingerprint density at radius 3 is 1.93 bits per heavy atom. The van der Waals surface area contributed by atoms with Crippen LogP contribution in [0.5, 0.6) is 5.75 Å². The average molecular weight is 407 g/mol. The molecule has 0 radical (unpaired) electrons. The molecule has 2 fully saturated rings. The Kier molecular flexibility index (Phi) is 4.52. The summed E-state index contributed by atoms with van der Waals surface area (Å²) in [5.74, 6) is 0.623. The smallest absolute Gasteiger partial charge is 0.329 e. The van der Waals surface area contributed by atoms with Crippen molar-refractivity contribution in [1.82, 2.24) is 0 Å². The van der Waals surface area contributed by atoms with Gasteiger partial charge >= 0.3 is 6.03 Å². The average Bonchev–Trinajstić information content (AvgIpc) is 3.06. The number of ether oxygens (including phenoxy) is 1. The first-order chi connectivity index (χ1) is 12.9. The van der Waals surface area contributed by atoms with Crippen LogP contribution in [0.15, 0.2) is 48.5 Å². The van der Waals surface area contributed by atoms with Gasteiger partial charge in [-0.15, -0.1) is 0 Å². The van der Waals surface area contributed by atoms with Gasteiger partial charge in [-0.1, -0.05) is 11.6 Å². The van der Waals surface area contributed by atoms with Gasteiger partial charge in [0.25, 0.3) is 0 Å². The van der Waals surface area contributed by atoms with E-state index in [1.54, 1.807) is 58.3 Å². The van der Waals surface area contributed by atoms with E-state index >= 15 is 0 Å². The van der Waals surface area contributed by atoms with Crippen LogP contribution in [0, 0.1) is 0 Å². The van der Waals surface area contributed by atoms with E-state index in [9.17, 15) is 13.2 Å². The lowest BCUT2D eigenvalue weighted by Crippen LogP contribution is -2.37. The highest BCUT2D eigenvalue weighted by Gasteiger charge is 2.54. The molecule has 2 aromatic rings. The minimum absolute atomic E-state index is 0.0410. The van der Waals surface area contributed by atoms with Crippen molar-refractivity contribution in [3.8, 4) is 5.75 Å². The second-order valence-electron chi connectivity index (χ2n) is 6.64. The standard InChI is InChI=1S/C19H19ClN2O4S/c1-2-26-16-9-7-15(8-10-16)22-18-12-27(24,25)11-17(18)21(19(22)23)14-5-3-13(20)4-6-14/h3-10,17-18H,2,11-12H2,1H3/t17-,18+/m1/s1. The highest BCUT2D eigenvalue weighted by atomic mass is 35.5. The van der Waals surface area contributed by atoms with Gasteiger partial charge in [-0.25, -0.2) is 13.2 Å². The van der Waals surface area contributed by atoms with Gasteiger partial charge in [0.15, 0.2) is 9.84 Å². The summed E-state index contributed by atoms with van der Waals surface area (Å²) in [5.41, 5.74) is 1.30. The van der Waals surface area contributed by atoms with Gasteiger partial charge in [-0.2, -0.15) is 0 Å². The number of anilines is 2. The second-order valence-corrected chi connectivity index (χ2v) is 9.23. The first-order valence-corrected chi connectivity index (χ1v) is 10.9. The lowest BCUT2D eigenvalue weighted by atomic mass is 10.1. The molecule has 2 amide bonds. The van der Waals surface area contributed by atoms with Crippen molar-refractivity contribution < 1.29 is 17.9 Å². The Bertz CT molecular complexity index is 960. The summed E-state index contributed by atoms with van der Waals surface area (Å²) in [6.07, 6.45) is 0. The molecule has 8 heteroatoms. The molecule has 0 bridgehead atoms. The molecule has 2 aromatic carbocycles. The predicted molar refractivity (Wildman–Crippen MR) is 106 cm³/mol. The molecule has 0 unspecified atom stereocenters. The zero-order chi connectivity index (χ0) is 19.2. The minimum atomic E-state index is -3.22. The van der Waals surface area contributed by atoms with Gasteiger partial charge in [0.2, 0.25) is 0 Å². The number of fused-ring (bicyclic) bond motifs is 1.